The Labute approximate surface area is 93.2 Å². The van der Waals surface area contributed by atoms with E-state index in [9.17, 15) is 0 Å². The molecule has 1 heterocycles. The minimum Gasteiger partial charge on any atom is -0.372 e. The maximum Gasteiger partial charge on any atom is 0.0328 e. The van der Waals surface area contributed by atoms with Gasteiger partial charge in [0.25, 0.3) is 0 Å². The molecule has 82 valence electrons. The van der Waals surface area contributed by atoms with Crippen LogP contribution in [0.25, 0.3) is 0 Å². The second kappa shape index (κ2) is 5.20. The van der Waals surface area contributed by atoms with Crippen LogP contribution in [-0.2, 0) is 0 Å². The van der Waals surface area contributed by atoms with E-state index in [-0.39, 0.29) is 0 Å². The molecule has 0 aromatic heterocycles. The number of rotatable bonds is 1. The van der Waals surface area contributed by atoms with Crippen molar-refractivity contribution in [1.82, 2.24) is 4.90 Å². The summed E-state index contributed by atoms with van der Waals surface area (Å²) in [4.78, 5) is 2.55. The van der Waals surface area contributed by atoms with Crippen LogP contribution in [0, 0.1) is 5.92 Å². The summed E-state index contributed by atoms with van der Waals surface area (Å²) in [5, 5.41) is 0. The molecule has 15 heavy (non-hydrogen) atoms. The molecule has 1 heteroatoms. The van der Waals surface area contributed by atoms with E-state index < -0.39 is 0 Å². The molecule has 1 aliphatic heterocycles. The Hall–Kier alpha value is -0.980. The molecule has 1 aliphatic carbocycles. The molecule has 0 N–H and O–H groups in total. The molecule has 0 saturated carbocycles. The highest BCUT2D eigenvalue weighted by atomic mass is 15.1. The van der Waals surface area contributed by atoms with E-state index in [4.69, 9.17) is 0 Å². The lowest BCUT2D eigenvalue weighted by molar-refractivity contribution is 0.362. The third-order valence-electron chi connectivity index (χ3n) is 3.36. The third-order valence-corrected chi connectivity index (χ3v) is 3.36. The minimum atomic E-state index is 0.906. The van der Waals surface area contributed by atoms with E-state index >= 15 is 0 Å². The van der Waals surface area contributed by atoms with Crippen LogP contribution in [0.4, 0.5) is 0 Å². The standard InChI is InChI=1S/C14H21N/c1-13-7-6-11-15(12-10-13)14-8-4-2-3-5-9-14/h2-4,8-9,13H,5-7,10-12H2,1H3. The summed E-state index contributed by atoms with van der Waals surface area (Å²) >= 11 is 0. The molecule has 1 fully saturated rings. The van der Waals surface area contributed by atoms with E-state index in [1.807, 2.05) is 0 Å². The average Bonchev–Trinajstić information content (AvgIpc) is 2.59. The predicted molar refractivity (Wildman–Crippen MR) is 65.6 cm³/mol. The number of allylic oxidation sites excluding steroid dienone is 5. The van der Waals surface area contributed by atoms with Crippen molar-refractivity contribution in [2.24, 2.45) is 5.92 Å². The van der Waals surface area contributed by atoms with Crippen molar-refractivity contribution in [3.05, 3.63) is 36.1 Å². The van der Waals surface area contributed by atoms with Gasteiger partial charge in [-0.1, -0.05) is 31.2 Å². The molecule has 0 aromatic rings. The molecule has 2 aliphatic rings. The van der Waals surface area contributed by atoms with Crippen molar-refractivity contribution >= 4 is 0 Å². The van der Waals surface area contributed by atoms with E-state index in [2.05, 4.69) is 42.2 Å². The normalized spacial score (nSPS) is 27.1. The van der Waals surface area contributed by atoms with Gasteiger partial charge in [0.2, 0.25) is 0 Å². The first-order valence-electron chi connectivity index (χ1n) is 6.14. The van der Waals surface area contributed by atoms with Crippen molar-refractivity contribution in [3.63, 3.8) is 0 Å². The van der Waals surface area contributed by atoms with Crippen molar-refractivity contribution in [2.75, 3.05) is 13.1 Å². The van der Waals surface area contributed by atoms with Gasteiger partial charge in [-0.2, -0.15) is 0 Å². The molecule has 1 atom stereocenters. The fraction of sp³-hybridized carbons (Fsp3) is 0.571. The highest BCUT2D eigenvalue weighted by Crippen LogP contribution is 2.21. The third kappa shape index (κ3) is 2.98. The largest absolute Gasteiger partial charge is 0.372 e. The van der Waals surface area contributed by atoms with Crippen LogP contribution in [0.3, 0.4) is 0 Å². The zero-order chi connectivity index (χ0) is 10.5. The molecule has 1 unspecified atom stereocenters. The first-order chi connectivity index (χ1) is 7.36. The van der Waals surface area contributed by atoms with Crippen LogP contribution in [-0.4, -0.2) is 18.0 Å². The van der Waals surface area contributed by atoms with Gasteiger partial charge in [-0.25, -0.2) is 0 Å². The summed E-state index contributed by atoms with van der Waals surface area (Å²) in [7, 11) is 0. The molecule has 0 amide bonds. The molecule has 0 bridgehead atoms. The molecule has 0 radical (unpaired) electrons. The smallest absolute Gasteiger partial charge is 0.0328 e. The second-order valence-electron chi connectivity index (χ2n) is 4.68. The Kier molecular flexibility index (Phi) is 3.65. The number of nitrogens with zero attached hydrogens (tertiary/aromatic N) is 1. The lowest BCUT2D eigenvalue weighted by Gasteiger charge is -2.23. The molecular formula is C14H21N. The maximum atomic E-state index is 2.55. The van der Waals surface area contributed by atoms with E-state index in [1.165, 1.54) is 38.0 Å². The average molecular weight is 203 g/mol. The Balaban J connectivity index is 2.00. The first kappa shape index (κ1) is 10.5. The summed E-state index contributed by atoms with van der Waals surface area (Å²) in [5.41, 5.74) is 1.43. The zero-order valence-corrected chi connectivity index (χ0v) is 9.65. The summed E-state index contributed by atoms with van der Waals surface area (Å²) < 4.78 is 0. The SMILES string of the molecule is CC1CCCN(C2=CCC=CC=C2)CC1. The summed E-state index contributed by atoms with van der Waals surface area (Å²) in [5.74, 6) is 0.906. The van der Waals surface area contributed by atoms with Crippen LogP contribution in [0.15, 0.2) is 36.1 Å². The van der Waals surface area contributed by atoms with Gasteiger partial charge in [-0.05, 0) is 37.7 Å². The molecule has 0 spiro atoms. The zero-order valence-electron chi connectivity index (χ0n) is 9.65. The predicted octanol–water partition coefficient (Wildman–Crippen LogP) is 3.51. The van der Waals surface area contributed by atoms with Crippen molar-refractivity contribution < 1.29 is 0 Å². The fourth-order valence-corrected chi connectivity index (χ4v) is 2.32. The lowest BCUT2D eigenvalue weighted by Crippen LogP contribution is -2.23. The monoisotopic (exact) mass is 203 g/mol. The quantitative estimate of drug-likeness (QED) is 0.630. The van der Waals surface area contributed by atoms with E-state index in [1.54, 1.807) is 0 Å². The van der Waals surface area contributed by atoms with Gasteiger partial charge < -0.3 is 4.90 Å². The van der Waals surface area contributed by atoms with Crippen LogP contribution in [0.2, 0.25) is 0 Å². The van der Waals surface area contributed by atoms with Crippen molar-refractivity contribution in [1.29, 1.82) is 0 Å². The highest BCUT2D eigenvalue weighted by molar-refractivity contribution is 5.25. The maximum absolute atomic E-state index is 2.55. The van der Waals surface area contributed by atoms with Crippen LogP contribution < -0.4 is 0 Å². The van der Waals surface area contributed by atoms with E-state index in [0.717, 1.165) is 12.3 Å². The molecule has 1 nitrogen and oxygen atoms in total. The Morgan fingerprint density at radius 3 is 3.07 bits per heavy atom. The van der Waals surface area contributed by atoms with Gasteiger partial charge in [-0.15, -0.1) is 0 Å². The molecule has 1 saturated heterocycles. The second-order valence-corrected chi connectivity index (χ2v) is 4.68. The number of hydrogen-bond acceptors (Lipinski definition) is 1. The van der Waals surface area contributed by atoms with Gasteiger partial charge in [0.15, 0.2) is 0 Å². The summed E-state index contributed by atoms with van der Waals surface area (Å²) in [6, 6.07) is 0. The van der Waals surface area contributed by atoms with Crippen molar-refractivity contribution in [3.8, 4) is 0 Å². The summed E-state index contributed by atoms with van der Waals surface area (Å²) in [6.45, 7) is 4.85. The fourth-order valence-electron chi connectivity index (χ4n) is 2.32. The molecular weight excluding hydrogens is 182 g/mol. The lowest BCUT2D eigenvalue weighted by atomic mass is 10.0. The highest BCUT2D eigenvalue weighted by Gasteiger charge is 2.14. The van der Waals surface area contributed by atoms with Crippen molar-refractivity contribution in [2.45, 2.75) is 32.6 Å². The van der Waals surface area contributed by atoms with Crippen LogP contribution in [0.1, 0.15) is 32.6 Å². The van der Waals surface area contributed by atoms with Gasteiger partial charge in [-0.3, -0.25) is 0 Å². The Bertz CT molecular complexity index is 286. The van der Waals surface area contributed by atoms with Gasteiger partial charge in [0.1, 0.15) is 0 Å². The van der Waals surface area contributed by atoms with Gasteiger partial charge >= 0.3 is 0 Å². The Morgan fingerprint density at radius 2 is 2.13 bits per heavy atom. The Morgan fingerprint density at radius 1 is 1.20 bits per heavy atom. The first-order valence-corrected chi connectivity index (χ1v) is 6.14. The van der Waals surface area contributed by atoms with Gasteiger partial charge in [0, 0.05) is 18.8 Å². The van der Waals surface area contributed by atoms with E-state index in [0.29, 0.717) is 0 Å². The molecule has 2 rings (SSSR count). The topological polar surface area (TPSA) is 3.24 Å². The minimum absolute atomic E-state index is 0.906. The molecule has 0 aromatic carbocycles. The number of hydrogen-bond donors (Lipinski definition) is 0. The number of likely N-dealkylation sites (tertiary alicyclic amines) is 1. The summed E-state index contributed by atoms with van der Waals surface area (Å²) in [6.07, 6.45) is 16.3. The van der Waals surface area contributed by atoms with Crippen LogP contribution in [0.5, 0.6) is 0 Å². The van der Waals surface area contributed by atoms with Gasteiger partial charge in [0.05, 0.1) is 0 Å². The van der Waals surface area contributed by atoms with Crippen LogP contribution >= 0.6 is 0 Å².